The second-order valence-corrected chi connectivity index (χ2v) is 12.1. The zero-order valence-electron chi connectivity index (χ0n) is 23.3. The Labute approximate surface area is 270 Å². The van der Waals surface area contributed by atoms with E-state index in [9.17, 15) is 14.4 Å². The van der Waals surface area contributed by atoms with Crippen LogP contribution >= 0.6 is 46.3 Å². The fraction of sp³-hybridized carbons (Fsp3) is 0.133. The van der Waals surface area contributed by atoms with E-state index in [1.807, 2.05) is 24.4 Å². The Kier molecular flexibility index (Phi) is 9.95. The summed E-state index contributed by atoms with van der Waals surface area (Å²) in [6.07, 6.45) is 4.51. The number of fused-ring (bicyclic) bond motifs is 1. The van der Waals surface area contributed by atoms with E-state index >= 15 is 0 Å². The monoisotopic (exact) mass is 666 g/mol. The quantitative estimate of drug-likeness (QED) is 0.143. The number of methoxy groups -OCH3 is 1. The Morgan fingerprint density at radius 3 is 2.45 bits per heavy atom. The van der Waals surface area contributed by atoms with Crippen molar-refractivity contribution in [2.75, 3.05) is 17.7 Å². The molecule has 3 amide bonds. The van der Waals surface area contributed by atoms with Gasteiger partial charge in [-0.1, -0.05) is 59.2 Å². The Hall–Kier alpha value is -4.23. The number of aryl methyl sites for hydroxylation is 1. The summed E-state index contributed by atoms with van der Waals surface area (Å²) in [7, 11) is 1.25. The van der Waals surface area contributed by atoms with Gasteiger partial charge in [0.05, 0.1) is 34.6 Å². The van der Waals surface area contributed by atoms with E-state index in [1.165, 1.54) is 42.6 Å². The van der Waals surface area contributed by atoms with Crippen LogP contribution in [0.1, 0.15) is 21.5 Å². The first kappa shape index (κ1) is 31.2. The molecule has 0 radical (unpaired) electrons. The van der Waals surface area contributed by atoms with E-state index in [2.05, 4.69) is 30.9 Å². The van der Waals surface area contributed by atoms with Crippen LogP contribution < -0.4 is 16.0 Å². The second kappa shape index (κ2) is 14.0. The largest absolute Gasteiger partial charge is 0.467 e. The molecule has 3 heterocycles. The van der Waals surface area contributed by atoms with E-state index in [0.717, 1.165) is 20.8 Å². The fourth-order valence-corrected chi connectivity index (χ4v) is 6.48. The molecule has 1 atom stereocenters. The summed E-state index contributed by atoms with van der Waals surface area (Å²) in [4.78, 5) is 52.9. The average molecular weight is 668 g/mol. The van der Waals surface area contributed by atoms with Gasteiger partial charge in [-0.15, -0.1) is 11.3 Å². The maximum atomic E-state index is 13.0. The number of aromatic nitrogens is 3. The third-order valence-electron chi connectivity index (χ3n) is 6.31. The van der Waals surface area contributed by atoms with Gasteiger partial charge in [0.2, 0.25) is 0 Å². The van der Waals surface area contributed by atoms with Gasteiger partial charge in [0, 0.05) is 29.4 Å². The number of carbonyl (C=O) groups excluding carboxylic acids is 3. The van der Waals surface area contributed by atoms with Gasteiger partial charge in [-0.05, 0) is 47.7 Å². The molecule has 1 unspecified atom stereocenters. The molecule has 2 aromatic carbocycles. The molecular formula is C30H24Cl2N6O4S2. The van der Waals surface area contributed by atoms with Gasteiger partial charge in [-0.3, -0.25) is 14.8 Å². The number of thiophene rings is 1. The topological polar surface area (TPSA) is 135 Å². The summed E-state index contributed by atoms with van der Waals surface area (Å²) in [5.41, 5.74) is 3.80. The van der Waals surface area contributed by atoms with Crippen molar-refractivity contribution < 1.29 is 19.1 Å². The molecule has 44 heavy (non-hydrogen) atoms. The van der Waals surface area contributed by atoms with Crippen molar-refractivity contribution >= 4 is 85.9 Å². The molecule has 0 bridgehead atoms. The van der Waals surface area contributed by atoms with Crippen LogP contribution in [0.2, 0.25) is 10.0 Å². The van der Waals surface area contributed by atoms with E-state index in [-0.39, 0.29) is 22.0 Å². The van der Waals surface area contributed by atoms with Crippen molar-refractivity contribution in [3.63, 3.8) is 0 Å². The Bertz CT molecular complexity index is 1830. The number of rotatable bonds is 9. The lowest BCUT2D eigenvalue weighted by atomic mass is 10.1. The first-order valence-corrected chi connectivity index (χ1v) is 15.5. The van der Waals surface area contributed by atoms with Gasteiger partial charge in [0.15, 0.2) is 0 Å². The second-order valence-electron chi connectivity index (χ2n) is 9.39. The Morgan fingerprint density at radius 1 is 1.00 bits per heavy atom. The van der Waals surface area contributed by atoms with Crippen LogP contribution in [0.25, 0.3) is 10.3 Å². The third kappa shape index (κ3) is 7.45. The molecule has 0 saturated heterocycles. The van der Waals surface area contributed by atoms with Gasteiger partial charge >= 0.3 is 12.0 Å². The van der Waals surface area contributed by atoms with Crippen molar-refractivity contribution in [3.8, 4) is 0 Å². The summed E-state index contributed by atoms with van der Waals surface area (Å²) in [5.74, 6) is -1.11. The predicted octanol–water partition coefficient (Wildman–Crippen LogP) is 7.01. The Morgan fingerprint density at radius 2 is 1.73 bits per heavy atom. The van der Waals surface area contributed by atoms with Crippen LogP contribution in [0.5, 0.6) is 0 Å². The SMILES string of the molecule is COC(=O)C(Cc1ccc(NC(=O)c2c(Cl)cncc2Cl)cc1)NC(=O)Nc1ccccc1Sc1cnc2c(C)csc2n1. The van der Waals surface area contributed by atoms with E-state index < -0.39 is 23.9 Å². The molecule has 5 aromatic rings. The fourth-order valence-electron chi connectivity index (χ4n) is 4.16. The summed E-state index contributed by atoms with van der Waals surface area (Å²) in [5, 5.41) is 11.2. The maximum Gasteiger partial charge on any atom is 0.328 e. The standard InChI is InChI=1S/C30H24Cl2N6O4S2/c1-16-15-43-28-26(16)34-14-24(38-28)44-23-6-4-3-5-21(23)36-30(41)37-22(29(40)42-2)11-17-7-9-18(10-8-17)35-27(39)25-19(31)12-33-13-20(25)32/h3-10,12-15,22H,11H2,1-2H3,(H,35,39)(H2,36,37,41). The maximum absolute atomic E-state index is 13.0. The molecule has 0 fully saturated rings. The lowest BCUT2D eigenvalue weighted by molar-refractivity contribution is -0.142. The highest BCUT2D eigenvalue weighted by molar-refractivity contribution is 7.99. The van der Waals surface area contributed by atoms with Crippen LogP contribution in [0.3, 0.4) is 0 Å². The number of carbonyl (C=O) groups is 3. The highest BCUT2D eigenvalue weighted by Gasteiger charge is 2.23. The van der Waals surface area contributed by atoms with Crippen molar-refractivity contribution in [3.05, 3.63) is 99.2 Å². The van der Waals surface area contributed by atoms with E-state index in [1.54, 1.807) is 42.6 Å². The number of nitrogens with zero attached hydrogens (tertiary/aromatic N) is 3. The summed E-state index contributed by atoms with van der Waals surface area (Å²) < 4.78 is 4.94. The predicted molar refractivity (Wildman–Crippen MR) is 173 cm³/mol. The molecule has 3 N–H and O–H groups in total. The average Bonchev–Trinajstić information content (AvgIpc) is 3.37. The zero-order chi connectivity index (χ0) is 31.2. The van der Waals surface area contributed by atoms with Crippen LogP contribution in [0.4, 0.5) is 16.2 Å². The smallest absolute Gasteiger partial charge is 0.328 e. The number of ether oxygens (including phenoxy) is 1. The first-order chi connectivity index (χ1) is 21.2. The number of anilines is 2. The minimum absolute atomic E-state index is 0.111. The number of pyridine rings is 1. The number of nitrogens with one attached hydrogen (secondary N) is 3. The van der Waals surface area contributed by atoms with Gasteiger partial charge < -0.3 is 20.7 Å². The van der Waals surface area contributed by atoms with E-state index in [0.29, 0.717) is 22.0 Å². The van der Waals surface area contributed by atoms with Gasteiger partial charge in [0.25, 0.3) is 5.91 Å². The number of urea groups is 1. The lowest BCUT2D eigenvalue weighted by Crippen LogP contribution is -2.45. The molecule has 10 nitrogen and oxygen atoms in total. The number of halogens is 2. The minimum Gasteiger partial charge on any atom is -0.467 e. The Balaban J connectivity index is 1.23. The molecule has 0 saturated carbocycles. The molecule has 0 aliphatic heterocycles. The van der Waals surface area contributed by atoms with Crippen LogP contribution in [-0.4, -0.2) is 46.0 Å². The number of esters is 1. The lowest BCUT2D eigenvalue weighted by Gasteiger charge is -2.18. The van der Waals surface area contributed by atoms with Gasteiger partial charge in [-0.25, -0.2) is 14.6 Å². The molecular weight excluding hydrogens is 643 g/mol. The van der Waals surface area contributed by atoms with Crippen molar-refractivity contribution in [2.45, 2.75) is 29.3 Å². The molecule has 0 spiro atoms. The van der Waals surface area contributed by atoms with Gasteiger partial charge in [0.1, 0.15) is 21.4 Å². The van der Waals surface area contributed by atoms with E-state index in [4.69, 9.17) is 27.9 Å². The number of benzene rings is 2. The van der Waals surface area contributed by atoms with Crippen LogP contribution in [0, 0.1) is 6.92 Å². The number of amides is 3. The van der Waals surface area contributed by atoms with Crippen molar-refractivity contribution in [2.24, 2.45) is 0 Å². The van der Waals surface area contributed by atoms with Gasteiger partial charge in [-0.2, -0.15) is 0 Å². The summed E-state index contributed by atoms with van der Waals surface area (Å²) in [6, 6.07) is 12.5. The van der Waals surface area contributed by atoms with Crippen LogP contribution in [-0.2, 0) is 16.0 Å². The normalized spacial score (nSPS) is 11.5. The molecule has 0 aliphatic carbocycles. The minimum atomic E-state index is -0.981. The number of hydrogen-bond acceptors (Lipinski definition) is 9. The summed E-state index contributed by atoms with van der Waals surface area (Å²) >= 11 is 15.1. The molecule has 3 aromatic heterocycles. The van der Waals surface area contributed by atoms with Crippen molar-refractivity contribution in [1.82, 2.24) is 20.3 Å². The molecule has 14 heteroatoms. The molecule has 0 aliphatic rings. The highest BCUT2D eigenvalue weighted by atomic mass is 35.5. The molecule has 5 rings (SSSR count). The van der Waals surface area contributed by atoms with Crippen LogP contribution in [0.15, 0.2) is 82.4 Å². The number of hydrogen-bond donors (Lipinski definition) is 3. The number of para-hydroxylation sites is 1. The molecule has 224 valence electrons. The zero-order valence-corrected chi connectivity index (χ0v) is 26.4. The van der Waals surface area contributed by atoms with Crippen molar-refractivity contribution in [1.29, 1.82) is 0 Å². The highest BCUT2D eigenvalue weighted by Crippen LogP contribution is 2.34. The third-order valence-corrected chi connectivity index (χ3v) is 8.85. The first-order valence-electron chi connectivity index (χ1n) is 13.0. The summed E-state index contributed by atoms with van der Waals surface area (Å²) in [6.45, 7) is 1.99.